The van der Waals surface area contributed by atoms with Crippen molar-refractivity contribution in [1.82, 2.24) is 0 Å². The van der Waals surface area contributed by atoms with Crippen molar-refractivity contribution < 1.29 is 17.6 Å². The minimum absolute atomic E-state index is 0. The molecule has 3 rings (SSSR count). The van der Waals surface area contributed by atoms with E-state index in [4.69, 9.17) is 0 Å². The molecule has 28 heavy (non-hydrogen) atoms. The van der Waals surface area contributed by atoms with Crippen molar-refractivity contribution in [3.05, 3.63) is 18.3 Å². The molecule has 0 heterocycles. The Labute approximate surface area is 162 Å². The Kier molecular flexibility index (Phi) is 8.37. The van der Waals surface area contributed by atoms with Gasteiger partial charge in [-0.15, -0.1) is 0 Å². The molecule has 0 amide bonds. The van der Waals surface area contributed by atoms with Gasteiger partial charge in [0.05, 0.1) is 6.08 Å². The number of hydrogen-bond donors (Lipinski definition) is 0. The van der Waals surface area contributed by atoms with Crippen molar-refractivity contribution in [2.45, 2.75) is 96.1 Å². The third-order valence-corrected chi connectivity index (χ3v) is 7.56. The second kappa shape index (κ2) is 10.3. The van der Waals surface area contributed by atoms with E-state index in [-0.39, 0.29) is 6.08 Å². The molecule has 3 fully saturated rings. The van der Waals surface area contributed by atoms with Crippen LogP contribution < -0.4 is 0 Å². The van der Waals surface area contributed by atoms with Gasteiger partial charge in [-0.1, -0.05) is 38.5 Å². The van der Waals surface area contributed by atoms with Crippen LogP contribution in [0, 0.1) is 36.0 Å². The summed E-state index contributed by atoms with van der Waals surface area (Å²) < 4.78 is 50.8. The molecule has 0 bridgehead atoms. The topological polar surface area (TPSA) is 0 Å². The van der Waals surface area contributed by atoms with E-state index in [0.29, 0.717) is 18.8 Å². The Hall–Kier alpha value is -1.54. The average Bonchev–Trinajstić information content (AvgIpc) is 2.66. The number of allylic oxidation sites excluding steroid dienone is 2. The van der Waals surface area contributed by atoms with Crippen LogP contribution in [0.2, 0.25) is 0 Å². The third kappa shape index (κ3) is 6.81. The Morgan fingerprint density at radius 2 is 1.21 bits per heavy atom. The van der Waals surface area contributed by atoms with Crippen molar-refractivity contribution in [3.63, 3.8) is 0 Å². The smallest absolute Gasteiger partial charge is 0.328 e. The van der Waals surface area contributed by atoms with Crippen LogP contribution in [-0.2, 0) is 0 Å². The van der Waals surface area contributed by atoms with Crippen molar-refractivity contribution in [2.75, 3.05) is 0 Å². The van der Waals surface area contributed by atoms with Crippen LogP contribution in [-0.4, -0.2) is 6.18 Å². The van der Waals surface area contributed by atoms with Crippen molar-refractivity contribution in [2.24, 2.45) is 29.6 Å². The molecule has 3 saturated carbocycles. The summed E-state index contributed by atoms with van der Waals surface area (Å²) in [5, 5.41) is 0. The normalized spacial score (nSPS) is 33.4. The Bertz CT molecular complexity index is 465. The second-order valence-corrected chi connectivity index (χ2v) is 9.35. The van der Waals surface area contributed by atoms with Crippen LogP contribution in [0.15, 0.2) is 11.9 Å². The number of rotatable bonds is 5. The molecule has 0 saturated heterocycles. The maximum Gasteiger partial charge on any atom is 0.412 e. The zero-order valence-corrected chi connectivity index (χ0v) is 23.6. The predicted molar refractivity (Wildman–Crippen MR) is 102 cm³/mol. The van der Waals surface area contributed by atoms with Crippen LogP contribution in [0.4, 0.5) is 17.6 Å². The van der Waals surface area contributed by atoms with Crippen molar-refractivity contribution >= 4 is 0 Å². The molecule has 0 atom stereocenters. The summed E-state index contributed by atoms with van der Waals surface area (Å²) in [6, 6.07) is 0. The summed E-state index contributed by atoms with van der Waals surface area (Å²) in [5.41, 5.74) is 0. The summed E-state index contributed by atoms with van der Waals surface area (Å²) in [4.78, 5) is 0. The molecule has 0 N–H and O–H groups in total. The molecule has 3 aliphatic rings. The van der Waals surface area contributed by atoms with E-state index in [1.807, 2.05) is 0 Å². The first-order chi connectivity index (χ1) is 12.9. The van der Waals surface area contributed by atoms with Gasteiger partial charge in [0.1, 0.15) is 5.83 Å². The van der Waals surface area contributed by atoms with Crippen molar-refractivity contribution in [3.8, 4) is 0 Å². The number of hydrogen-bond acceptors (Lipinski definition) is 0. The first kappa shape index (κ1) is 22.7. The summed E-state index contributed by atoms with van der Waals surface area (Å²) in [6.45, 7) is 0. The van der Waals surface area contributed by atoms with E-state index in [0.717, 1.165) is 30.6 Å². The maximum absolute atomic E-state index is 13.8. The molecule has 0 aromatic heterocycles. The summed E-state index contributed by atoms with van der Waals surface area (Å²) >= 11 is 0. The Morgan fingerprint density at radius 3 is 1.71 bits per heavy atom. The van der Waals surface area contributed by atoms with Gasteiger partial charge < -0.3 is 6.42 Å². The molecule has 0 aliphatic heterocycles. The standard InChI is InChI=1S/C23H35F4.Rf/c24-22(16-23(25,26)27)21-14-12-20(13-15-21)19-10-8-18(9-11-19)7-6-17-4-2-1-3-5-17;/h1,16-21H,2-15H2;/q-1;/b22-16-;. The van der Waals surface area contributed by atoms with E-state index in [2.05, 4.69) is 6.42 Å². The first-order valence-electron chi connectivity index (χ1n) is 11.2. The molecule has 158 valence electrons. The van der Waals surface area contributed by atoms with Crippen LogP contribution in [0.25, 0.3) is 0 Å². The SMILES string of the molecule is F/C(=C\C(F)(F)F)C1CCC(C2CCC(CCC3CC[CH-]CC3)CC2)CC1.[Rf]. The molecule has 0 radical (unpaired) electrons. The largest absolute Gasteiger partial charge is 0.412 e. The Balaban J connectivity index is 0.00000280. The summed E-state index contributed by atoms with van der Waals surface area (Å²) in [6.07, 6.45) is 14.1. The van der Waals surface area contributed by atoms with E-state index in [9.17, 15) is 17.6 Å². The van der Waals surface area contributed by atoms with Crippen LogP contribution >= 0.6 is 0 Å². The molecular formula is C23H35F4Rf-. The fourth-order valence-electron chi connectivity index (χ4n) is 5.84. The fourth-order valence-corrected chi connectivity index (χ4v) is 5.84. The van der Waals surface area contributed by atoms with Crippen LogP contribution in [0.5, 0.6) is 0 Å². The van der Waals surface area contributed by atoms with Gasteiger partial charge in [0, 0.05) is 5.92 Å². The average molecular weight is 655 g/mol. The van der Waals surface area contributed by atoms with Crippen molar-refractivity contribution in [1.29, 1.82) is 0 Å². The quantitative estimate of drug-likeness (QED) is 0.207. The van der Waals surface area contributed by atoms with E-state index < -0.39 is 17.9 Å². The van der Waals surface area contributed by atoms with Gasteiger partial charge >= 0.3 is 6.18 Å². The second-order valence-electron chi connectivity index (χ2n) is 9.35. The van der Waals surface area contributed by atoms with E-state index in [1.54, 1.807) is 0 Å². The zero-order valence-electron chi connectivity index (χ0n) is 17.2. The molecule has 0 nitrogen and oxygen atoms in total. The van der Waals surface area contributed by atoms with E-state index >= 15 is 0 Å². The minimum atomic E-state index is -4.53. The van der Waals surface area contributed by atoms with Gasteiger partial charge in [-0.25, -0.2) is 4.39 Å². The molecule has 0 aromatic rings. The number of halogens is 4. The third-order valence-electron chi connectivity index (χ3n) is 7.56. The van der Waals surface area contributed by atoms with Gasteiger partial charge in [-0.05, 0) is 62.2 Å². The monoisotopic (exact) mass is 654 g/mol. The van der Waals surface area contributed by atoms with Gasteiger partial charge in [0.15, 0.2) is 0 Å². The minimum Gasteiger partial charge on any atom is -0.328 e. The Morgan fingerprint density at radius 1 is 0.750 bits per heavy atom. The maximum atomic E-state index is 13.8. The zero-order chi connectivity index (χ0) is 19.3. The first-order valence-corrected chi connectivity index (χ1v) is 11.2. The predicted octanol–water partition coefficient (Wildman–Crippen LogP) is 8.19. The van der Waals surface area contributed by atoms with Gasteiger partial charge in [-0.2, -0.15) is 26.0 Å². The summed E-state index contributed by atoms with van der Waals surface area (Å²) in [5.74, 6) is 1.70. The molecule has 5 heteroatoms. The van der Waals surface area contributed by atoms with Crippen LogP contribution in [0.1, 0.15) is 89.9 Å². The van der Waals surface area contributed by atoms with E-state index in [1.165, 1.54) is 64.2 Å². The molecular weight excluding hydrogens is 619 g/mol. The van der Waals surface area contributed by atoms with Gasteiger partial charge in [-0.3, -0.25) is 0 Å². The number of alkyl halides is 3. The van der Waals surface area contributed by atoms with Gasteiger partial charge in [0.2, 0.25) is 0 Å². The molecule has 0 aromatic carbocycles. The molecule has 0 unspecified atom stereocenters. The fraction of sp³-hybridized carbons (Fsp3) is 0.870. The summed E-state index contributed by atoms with van der Waals surface area (Å²) in [7, 11) is 0. The molecule has 3 aliphatic carbocycles. The van der Waals surface area contributed by atoms with Crippen LogP contribution in [0.3, 0.4) is 0 Å². The molecule has 0 spiro atoms. The van der Waals surface area contributed by atoms with Gasteiger partial charge in [0.25, 0.3) is 0 Å².